The third-order valence-electron chi connectivity index (χ3n) is 11.0. The zero-order valence-corrected chi connectivity index (χ0v) is 28.4. The first-order valence-corrected chi connectivity index (χ1v) is 17.5. The zero-order valence-electron chi connectivity index (χ0n) is 28.4. The van der Waals surface area contributed by atoms with Crippen LogP contribution < -0.4 is 0 Å². The number of rotatable bonds is 3. The largest absolute Gasteiger partial charge is 0.247 e. The van der Waals surface area contributed by atoms with Gasteiger partial charge in [-0.05, 0) is 108 Å². The van der Waals surface area contributed by atoms with Crippen LogP contribution in [-0.4, -0.2) is 4.98 Å². The van der Waals surface area contributed by atoms with E-state index in [-0.39, 0.29) is 5.41 Å². The molecule has 1 aromatic heterocycles. The molecule has 0 amide bonds. The summed E-state index contributed by atoms with van der Waals surface area (Å²) in [5, 5.41) is 18.0. The maximum absolute atomic E-state index is 9.55. The Bertz CT molecular complexity index is 2950. The van der Waals surface area contributed by atoms with E-state index in [2.05, 4.69) is 172 Å². The summed E-state index contributed by atoms with van der Waals surface area (Å²) in [5.41, 5.74) is 13.4. The minimum absolute atomic E-state index is 0.183. The van der Waals surface area contributed by atoms with E-state index in [9.17, 15) is 5.26 Å². The summed E-state index contributed by atoms with van der Waals surface area (Å²) in [6.07, 6.45) is 0. The van der Waals surface area contributed by atoms with E-state index < -0.39 is 0 Å². The third-order valence-corrected chi connectivity index (χ3v) is 11.0. The molecule has 0 radical (unpaired) electrons. The van der Waals surface area contributed by atoms with E-state index in [0.29, 0.717) is 5.56 Å². The number of nitrogens with zero attached hydrogens (tertiary/aromatic N) is 2. The Morgan fingerprint density at radius 1 is 0.471 bits per heavy atom. The van der Waals surface area contributed by atoms with Crippen molar-refractivity contribution in [2.75, 3.05) is 0 Å². The van der Waals surface area contributed by atoms with E-state index in [4.69, 9.17) is 4.98 Å². The monoisotopic (exact) mass is 648 g/mol. The van der Waals surface area contributed by atoms with Crippen LogP contribution in [0.3, 0.4) is 0 Å². The number of hydrogen-bond donors (Lipinski definition) is 0. The minimum Gasteiger partial charge on any atom is -0.247 e. The summed E-state index contributed by atoms with van der Waals surface area (Å²) < 4.78 is 0. The normalized spacial score (nSPS) is 13.0. The molecule has 0 fully saturated rings. The molecule has 0 saturated heterocycles. The molecule has 9 aromatic rings. The second kappa shape index (κ2) is 11.0. The predicted octanol–water partition coefficient (Wildman–Crippen LogP) is 12.9. The van der Waals surface area contributed by atoms with Gasteiger partial charge in [0.05, 0.1) is 22.8 Å². The summed E-state index contributed by atoms with van der Waals surface area (Å²) >= 11 is 0. The molecule has 0 aliphatic heterocycles. The second-order valence-corrected chi connectivity index (χ2v) is 14.3. The third kappa shape index (κ3) is 4.45. The summed E-state index contributed by atoms with van der Waals surface area (Å²) in [6, 6.07) is 59.1. The number of aromatic nitrogens is 1. The van der Waals surface area contributed by atoms with Crippen LogP contribution in [0, 0.1) is 11.3 Å². The lowest BCUT2D eigenvalue weighted by atomic mass is 9.81. The van der Waals surface area contributed by atoms with Gasteiger partial charge in [0.15, 0.2) is 0 Å². The molecule has 8 aromatic carbocycles. The van der Waals surface area contributed by atoms with Gasteiger partial charge < -0.3 is 0 Å². The Morgan fingerprint density at radius 3 is 1.92 bits per heavy atom. The fraction of sp³-hybridized carbons (Fsp3) is 0.0612. The molecule has 2 heteroatoms. The molecule has 0 N–H and O–H groups in total. The molecule has 1 aliphatic rings. The van der Waals surface area contributed by atoms with Crippen LogP contribution in [0.2, 0.25) is 0 Å². The van der Waals surface area contributed by atoms with Crippen molar-refractivity contribution in [3.8, 4) is 50.7 Å². The van der Waals surface area contributed by atoms with Crippen LogP contribution in [0.5, 0.6) is 0 Å². The van der Waals surface area contributed by atoms with Crippen LogP contribution in [0.1, 0.15) is 30.5 Å². The van der Waals surface area contributed by atoms with E-state index in [1.807, 2.05) is 6.07 Å². The van der Waals surface area contributed by atoms with Crippen molar-refractivity contribution in [1.82, 2.24) is 4.98 Å². The Labute approximate surface area is 296 Å². The summed E-state index contributed by atoms with van der Waals surface area (Å²) in [7, 11) is 0. The summed E-state index contributed by atoms with van der Waals surface area (Å²) in [5.74, 6) is 0. The zero-order chi connectivity index (χ0) is 34.3. The number of fused-ring (bicyclic) bond motifs is 10. The molecular weight excluding hydrogens is 617 g/mol. The molecule has 238 valence electrons. The Balaban J connectivity index is 1.11. The standard InChI is InChI=1S/C49H32N2/c1-49(2)43-25-30(29-50)15-20-40(43)41-22-17-36(28-44(41)49)34-13-8-12-33(26-34)35-16-21-39-37(27-35)18-23-42-46-38-14-7-6-9-31(38)19-24-45(46)51-48(47(39)42)32-10-4-3-5-11-32/h3-28H,1-2H3. The van der Waals surface area contributed by atoms with Gasteiger partial charge in [-0.1, -0.05) is 135 Å². The van der Waals surface area contributed by atoms with Gasteiger partial charge in [-0.3, -0.25) is 0 Å². The highest BCUT2D eigenvalue weighted by atomic mass is 14.7. The van der Waals surface area contributed by atoms with Crippen LogP contribution >= 0.6 is 0 Å². The van der Waals surface area contributed by atoms with E-state index in [1.165, 1.54) is 82.2 Å². The van der Waals surface area contributed by atoms with Crippen molar-refractivity contribution in [3.63, 3.8) is 0 Å². The van der Waals surface area contributed by atoms with Crippen LogP contribution in [0.4, 0.5) is 0 Å². The maximum Gasteiger partial charge on any atom is 0.0991 e. The Morgan fingerprint density at radius 2 is 1.10 bits per heavy atom. The van der Waals surface area contributed by atoms with Gasteiger partial charge in [0.25, 0.3) is 0 Å². The van der Waals surface area contributed by atoms with Gasteiger partial charge >= 0.3 is 0 Å². The maximum atomic E-state index is 9.55. The molecule has 51 heavy (non-hydrogen) atoms. The van der Waals surface area contributed by atoms with Crippen LogP contribution in [0.15, 0.2) is 158 Å². The predicted molar refractivity (Wildman–Crippen MR) is 213 cm³/mol. The van der Waals surface area contributed by atoms with Gasteiger partial charge in [0.2, 0.25) is 0 Å². The van der Waals surface area contributed by atoms with Gasteiger partial charge in [-0.2, -0.15) is 5.26 Å². The molecular formula is C49H32N2. The molecule has 0 atom stereocenters. The molecule has 0 spiro atoms. The smallest absolute Gasteiger partial charge is 0.0991 e. The highest BCUT2D eigenvalue weighted by molar-refractivity contribution is 6.27. The first-order chi connectivity index (χ1) is 25.0. The molecule has 0 unspecified atom stereocenters. The fourth-order valence-electron chi connectivity index (χ4n) is 8.46. The van der Waals surface area contributed by atoms with Crippen molar-refractivity contribution < 1.29 is 0 Å². The summed E-state index contributed by atoms with van der Waals surface area (Å²) in [4.78, 5) is 5.34. The highest BCUT2D eigenvalue weighted by Gasteiger charge is 2.35. The van der Waals surface area contributed by atoms with Gasteiger partial charge in [-0.25, -0.2) is 4.98 Å². The number of pyridine rings is 1. The quantitative estimate of drug-likeness (QED) is 0.179. The first-order valence-electron chi connectivity index (χ1n) is 17.5. The average Bonchev–Trinajstić information content (AvgIpc) is 3.41. The highest BCUT2D eigenvalue weighted by Crippen LogP contribution is 2.50. The van der Waals surface area contributed by atoms with E-state index in [1.54, 1.807) is 0 Å². The van der Waals surface area contributed by atoms with Crippen molar-refractivity contribution >= 4 is 43.2 Å². The lowest BCUT2D eigenvalue weighted by molar-refractivity contribution is 0.660. The summed E-state index contributed by atoms with van der Waals surface area (Å²) in [6.45, 7) is 4.53. The van der Waals surface area contributed by atoms with Gasteiger partial charge in [0.1, 0.15) is 0 Å². The van der Waals surface area contributed by atoms with Crippen molar-refractivity contribution in [1.29, 1.82) is 5.26 Å². The molecule has 1 heterocycles. The molecule has 1 aliphatic carbocycles. The number of benzene rings is 8. The van der Waals surface area contributed by atoms with Gasteiger partial charge in [0, 0.05) is 21.8 Å². The second-order valence-electron chi connectivity index (χ2n) is 14.3. The van der Waals surface area contributed by atoms with Crippen LogP contribution in [0.25, 0.3) is 87.9 Å². The molecule has 10 rings (SSSR count). The molecule has 0 bridgehead atoms. The number of hydrogen-bond acceptors (Lipinski definition) is 2. The first kappa shape index (κ1) is 29.4. The van der Waals surface area contributed by atoms with E-state index in [0.717, 1.165) is 16.8 Å². The fourth-order valence-corrected chi connectivity index (χ4v) is 8.46. The number of nitriles is 1. The van der Waals surface area contributed by atoms with Crippen molar-refractivity contribution in [2.24, 2.45) is 0 Å². The van der Waals surface area contributed by atoms with E-state index >= 15 is 0 Å². The SMILES string of the molecule is CC1(C)c2cc(C#N)ccc2-c2ccc(-c3cccc(-c4ccc5c(ccc6c5c(-c5ccccc5)nc5ccc7ccccc7c56)c4)c3)cc21. The van der Waals surface area contributed by atoms with Crippen LogP contribution in [-0.2, 0) is 5.41 Å². The minimum atomic E-state index is -0.183. The topological polar surface area (TPSA) is 36.7 Å². The average molecular weight is 649 g/mol. The molecule has 0 saturated carbocycles. The van der Waals surface area contributed by atoms with Crippen molar-refractivity contribution in [2.45, 2.75) is 19.3 Å². The Hall–Kier alpha value is -6.56. The lowest BCUT2D eigenvalue weighted by Gasteiger charge is -2.22. The lowest BCUT2D eigenvalue weighted by Crippen LogP contribution is -2.15. The molecule has 2 nitrogen and oxygen atoms in total. The van der Waals surface area contributed by atoms with Crippen molar-refractivity contribution in [3.05, 3.63) is 174 Å². The van der Waals surface area contributed by atoms with Gasteiger partial charge in [-0.15, -0.1) is 0 Å². The Kier molecular flexibility index (Phi) is 6.32.